The second-order valence-electron chi connectivity index (χ2n) is 10.4. The molecule has 1 heteroatoms. The fourth-order valence-corrected chi connectivity index (χ4v) is 9.86. The molecule has 3 atom stereocenters. The lowest BCUT2D eigenvalue weighted by molar-refractivity contribution is 0.526. The number of hydrogen-bond donors (Lipinski definition) is 0. The number of unbranched alkanes of at least 4 members (excludes halogenated alkanes) is 17. The van der Waals surface area contributed by atoms with Gasteiger partial charge < -0.3 is 0 Å². The molecule has 1 unspecified atom stereocenters. The zero-order chi connectivity index (χ0) is 20.4. The average Bonchev–Trinajstić information content (AvgIpc) is 2.98. The Balaban J connectivity index is 1.26. The van der Waals surface area contributed by atoms with Crippen LogP contribution in [0, 0.1) is 0 Å². The largest absolute Gasteiger partial charge is 0.100 e. The summed E-state index contributed by atoms with van der Waals surface area (Å²) in [6.45, 7) is 2.31. The number of hydrogen-bond acceptors (Lipinski definition) is 0. The molecule has 0 spiro atoms. The molecule has 0 saturated carbocycles. The van der Waals surface area contributed by atoms with Crippen LogP contribution in [0.2, 0.25) is 0 Å². The monoisotopic (exact) mass is 422 g/mol. The van der Waals surface area contributed by atoms with E-state index in [1.165, 1.54) is 120 Å². The fraction of sp³-hybridized carbons (Fsp3) is 1.00. The van der Waals surface area contributed by atoms with Crippen molar-refractivity contribution < 1.29 is 0 Å². The van der Waals surface area contributed by atoms with Crippen LogP contribution in [0.25, 0.3) is 0 Å². The third kappa shape index (κ3) is 12.1. The first-order chi connectivity index (χ1) is 14.4. The summed E-state index contributed by atoms with van der Waals surface area (Å²) in [7, 11) is 0.446. The van der Waals surface area contributed by atoms with E-state index in [9.17, 15) is 0 Å². The van der Waals surface area contributed by atoms with E-state index in [1.54, 1.807) is 51.1 Å². The van der Waals surface area contributed by atoms with Gasteiger partial charge in [-0.25, -0.2) is 0 Å². The summed E-state index contributed by atoms with van der Waals surface area (Å²) in [6.07, 6.45) is 38.1. The van der Waals surface area contributed by atoms with Crippen molar-refractivity contribution >= 4 is 7.92 Å². The van der Waals surface area contributed by atoms with Gasteiger partial charge in [0.1, 0.15) is 0 Å². The summed E-state index contributed by atoms with van der Waals surface area (Å²) in [6, 6.07) is 0. The second kappa shape index (κ2) is 18.0. The maximum Gasteiger partial charge on any atom is -0.0206 e. The summed E-state index contributed by atoms with van der Waals surface area (Å²) in [5, 5.41) is 0. The molecule has 2 fully saturated rings. The zero-order valence-electron chi connectivity index (χ0n) is 20.3. The van der Waals surface area contributed by atoms with Crippen LogP contribution >= 0.6 is 7.92 Å². The lowest BCUT2D eigenvalue weighted by Gasteiger charge is -2.23. The van der Waals surface area contributed by atoms with E-state index in [1.807, 2.05) is 0 Å². The third-order valence-electron chi connectivity index (χ3n) is 7.87. The van der Waals surface area contributed by atoms with Crippen LogP contribution < -0.4 is 0 Å². The van der Waals surface area contributed by atoms with Gasteiger partial charge in [-0.15, -0.1) is 7.92 Å². The first kappa shape index (κ1) is 25.7. The lowest BCUT2D eigenvalue weighted by Crippen LogP contribution is -2.03. The van der Waals surface area contributed by atoms with E-state index >= 15 is 0 Å². The molecule has 0 aromatic heterocycles. The molecular formula is C28H55P. The highest BCUT2D eigenvalue weighted by molar-refractivity contribution is 7.59. The highest BCUT2D eigenvalue weighted by Gasteiger charge is 2.35. The summed E-state index contributed by atoms with van der Waals surface area (Å²) in [5.41, 5.74) is 2.39. The SMILES string of the molecule is CCCCCCCCCCCCCCCCCCCCP1[C@@H]2CCCC[C@H]1CC2. The van der Waals surface area contributed by atoms with E-state index < -0.39 is 0 Å². The first-order valence-electron chi connectivity index (χ1n) is 14.2. The maximum atomic E-state index is 2.31. The van der Waals surface area contributed by atoms with Crippen LogP contribution in [0.5, 0.6) is 0 Å². The summed E-state index contributed by atoms with van der Waals surface area (Å²) < 4.78 is 0. The molecule has 0 N–H and O–H groups in total. The predicted molar refractivity (Wildman–Crippen MR) is 136 cm³/mol. The van der Waals surface area contributed by atoms with Crippen LogP contribution in [0.1, 0.15) is 161 Å². The van der Waals surface area contributed by atoms with Crippen LogP contribution in [0.4, 0.5) is 0 Å². The second-order valence-corrected chi connectivity index (χ2v) is 13.4. The maximum absolute atomic E-state index is 2.31. The van der Waals surface area contributed by atoms with Gasteiger partial charge in [-0.1, -0.05) is 129 Å². The van der Waals surface area contributed by atoms with E-state index in [4.69, 9.17) is 0 Å². The van der Waals surface area contributed by atoms with Crippen LogP contribution in [0.15, 0.2) is 0 Å². The topological polar surface area (TPSA) is 0 Å². The third-order valence-corrected chi connectivity index (χ3v) is 11.6. The van der Waals surface area contributed by atoms with Crippen molar-refractivity contribution in [3.05, 3.63) is 0 Å². The van der Waals surface area contributed by atoms with Gasteiger partial charge >= 0.3 is 0 Å². The van der Waals surface area contributed by atoms with Gasteiger partial charge in [0.2, 0.25) is 0 Å². The molecule has 2 aliphatic heterocycles. The van der Waals surface area contributed by atoms with Gasteiger partial charge in [0.05, 0.1) is 0 Å². The lowest BCUT2D eigenvalue weighted by atomic mass is 10.0. The Morgan fingerprint density at radius 2 is 0.793 bits per heavy atom. The van der Waals surface area contributed by atoms with Gasteiger partial charge in [-0.05, 0) is 49.6 Å². The van der Waals surface area contributed by atoms with Crippen molar-refractivity contribution in [2.24, 2.45) is 0 Å². The molecule has 172 valence electrons. The minimum absolute atomic E-state index is 0.446. The van der Waals surface area contributed by atoms with Crippen LogP contribution in [0.3, 0.4) is 0 Å². The van der Waals surface area contributed by atoms with Gasteiger partial charge in [0, 0.05) is 0 Å². The molecular weight excluding hydrogens is 367 g/mol. The molecule has 2 rings (SSSR count). The molecule has 0 aromatic rings. The minimum Gasteiger partial charge on any atom is -0.100 e. The summed E-state index contributed by atoms with van der Waals surface area (Å²) in [4.78, 5) is 0. The Bertz CT molecular complexity index is 338. The predicted octanol–water partition coefficient (Wildman–Crippen LogP) is 10.6. The normalized spacial score (nSPS) is 24.1. The van der Waals surface area contributed by atoms with Gasteiger partial charge in [0.25, 0.3) is 0 Å². The van der Waals surface area contributed by atoms with Crippen molar-refractivity contribution in [1.29, 1.82) is 0 Å². The quantitative estimate of drug-likeness (QED) is 0.143. The fourth-order valence-electron chi connectivity index (χ4n) is 5.96. The van der Waals surface area contributed by atoms with Crippen molar-refractivity contribution in [3.63, 3.8) is 0 Å². The van der Waals surface area contributed by atoms with E-state index in [0.29, 0.717) is 7.92 Å². The Hall–Kier alpha value is 0.430. The van der Waals surface area contributed by atoms with Crippen molar-refractivity contribution in [2.45, 2.75) is 172 Å². The van der Waals surface area contributed by atoms with Gasteiger partial charge in [0.15, 0.2) is 0 Å². The summed E-state index contributed by atoms with van der Waals surface area (Å²) in [5.74, 6) is 0. The number of fused-ring (bicyclic) bond motifs is 2. The molecule has 0 aromatic carbocycles. The molecule has 2 bridgehead atoms. The number of rotatable bonds is 19. The Labute approximate surface area is 186 Å². The zero-order valence-corrected chi connectivity index (χ0v) is 21.2. The van der Waals surface area contributed by atoms with Gasteiger partial charge in [-0.3, -0.25) is 0 Å². The minimum atomic E-state index is 0.446. The Morgan fingerprint density at radius 1 is 0.448 bits per heavy atom. The smallest absolute Gasteiger partial charge is 0.0206 e. The molecule has 0 aliphatic carbocycles. The van der Waals surface area contributed by atoms with E-state index in [-0.39, 0.29) is 0 Å². The van der Waals surface area contributed by atoms with Crippen LogP contribution in [-0.4, -0.2) is 17.5 Å². The Morgan fingerprint density at radius 3 is 1.17 bits per heavy atom. The molecule has 0 nitrogen and oxygen atoms in total. The average molecular weight is 423 g/mol. The molecule has 2 saturated heterocycles. The molecule has 0 amide bonds. The highest BCUT2D eigenvalue weighted by atomic mass is 31.1. The van der Waals surface area contributed by atoms with Crippen molar-refractivity contribution in [1.82, 2.24) is 0 Å². The highest BCUT2D eigenvalue weighted by Crippen LogP contribution is 2.60. The standard InChI is InChI=1S/C28H55P/c1-2-3-4-5-6-7-8-9-10-11-12-13-14-15-16-17-18-21-26-29-27-22-19-20-23-28(29)25-24-27/h27-28H,2-26H2,1H3/t27-,28+,29?. The van der Waals surface area contributed by atoms with E-state index in [2.05, 4.69) is 6.92 Å². The van der Waals surface area contributed by atoms with Gasteiger partial charge in [-0.2, -0.15) is 0 Å². The molecule has 2 heterocycles. The molecule has 0 radical (unpaired) electrons. The summed E-state index contributed by atoms with van der Waals surface area (Å²) >= 11 is 0. The van der Waals surface area contributed by atoms with Crippen molar-refractivity contribution in [2.75, 3.05) is 6.16 Å². The van der Waals surface area contributed by atoms with Crippen LogP contribution in [-0.2, 0) is 0 Å². The van der Waals surface area contributed by atoms with E-state index in [0.717, 1.165) is 0 Å². The first-order valence-corrected chi connectivity index (χ1v) is 15.8. The Kier molecular flexibility index (Phi) is 16.0. The molecule has 29 heavy (non-hydrogen) atoms. The molecule has 2 aliphatic rings. The van der Waals surface area contributed by atoms with Crippen molar-refractivity contribution in [3.8, 4) is 0 Å².